The second-order valence-corrected chi connectivity index (χ2v) is 7.80. The van der Waals surface area contributed by atoms with Gasteiger partial charge in [-0.05, 0) is 44.2 Å². The van der Waals surface area contributed by atoms with E-state index in [2.05, 4.69) is 5.32 Å². The van der Waals surface area contributed by atoms with Gasteiger partial charge in [0.1, 0.15) is 0 Å². The third-order valence-electron chi connectivity index (χ3n) is 4.09. The van der Waals surface area contributed by atoms with Crippen molar-refractivity contribution in [2.24, 2.45) is 0 Å². The minimum absolute atomic E-state index is 0. The standard InChI is InChI=1S/C16H24N2O4S.ClH/c1-17-12-14-4-3-9-18(14)16(19)13-5-7-15(8-6-13)23(20,21)11-10-22-2;/h5-8,14,17H,3-4,9-12H2,1-2H3;1H. The lowest BCUT2D eigenvalue weighted by atomic mass is 10.1. The molecule has 0 saturated carbocycles. The topological polar surface area (TPSA) is 75.7 Å². The minimum Gasteiger partial charge on any atom is -0.384 e. The van der Waals surface area contributed by atoms with Gasteiger partial charge in [-0.25, -0.2) is 8.42 Å². The molecule has 1 aliphatic rings. The van der Waals surface area contributed by atoms with Crippen molar-refractivity contribution in [1.29, 1.82) is 0 Å². The van der Waals surface area contributed by atoms with Crippen molar-refractivity contribution in [2.75, 3.05) is 39.6 Å². The zero-order chi connectivity index (χ0) is 16.9. The molecule has 6 nitrogen and oxygen atoms in total. The van der Waals surface area contributed by atoms with E-state index in [9.17, 15) is 13.2 Å². The number of benzene rings is 1. The molecule has 1 N–H and O–H groups in total. The van der Waals surface area contributed by atoms with Crippen molar-refractivity contribution in [3.63, 3.8) is 0 Å². The number of likely N-dealkylation sites (tertiary alicyclic amines) is 1. The van der Waals surface area contributed by atoms with Crippen LogP contribution in [0.3, 0.4) is 0 Å². The zero-order valence-corrected chi connectivity index (χ0v) is 15.7. The molecule has 0 spiro atoms. The van der Waals surface area contributed by atoms with E-state index < -0.39 is 9.84 Å². The number of hydrogen-bond acceptors (Lipinski definition) is 5. The molecule has 2 rings (SSSR count). The smallest absolute Gasteiger partial charge is 0.254 e. The first-order valence-electron chi connectivity index (χ1n) is 7.77. The van der Waals surface area contributed by atoms with Crippen LogP contribution in [-0.4, -0.2) is 64.9 Å². The number of nitrogens with zero attached hydrogens (tertiary/aromatic N) is 1. The normalized spacial score (nSPS) is 17.6. The third kappa shape index (κ3) is 4.92. The number of amides is 1. The Bertz CT molecular complexity index is 634. The van der Waals surface area contributed by atoms with E-state index in [-0.39, 0.29) is 41.6 Å². The summed E-state index contributed by atoms with van der Waals surface area (Å²) in [6, 6.07) is 6.40. The SMILES string of the molecule is CNCC1CCCN1C(=O)c1ccc(S(=O)(=O)CCOC)cc1.Cl. The molecular formula is C16H25ClN2O4S. The lowest BCUT2D eigenvalue weighted by molar-refractivity contribution is 0.0737. The number of rotatable bonds is 7. The number of halogens is 1. The highest BCUT2D eigenvalue weighted by Crippen LogP contribution is 2.21. The summed E-state index contributed by atoms with van der Waals surface area (Å²) in [6.45, 7) is 1.68. The van der Waals surface area contributed by atoms with Crippen molar-refractivity contribution in [3.05, 3.63) is 29.8 Å². The van der Waals surface area contributed by atoms with Crippen LogP contribution in [0.1, 0.15) is 23.2 Å². The molecule has 0 aromatic heterocycles. The quantitative estimate of drug-likeness (QED) is 0.777. The van der Waals surface area contributed by atoms with Gasteiger partial charge < -0.3 is 15.0 Å². The van der Waals surface area contributed by atoms with Crippen LogP contribution in [0.2, 0.25) is 0 Å². The number of ether oxygens (including phenoxy) is 1. The van der Waals surface area contributed by atoms with E-state index in [0.29, 0.717) is 5.56 Å². The Balaban J connectivity index is 0.00000288. The van der Waals surface area contributed by atoms with Gasteiger partial charge in [0.15, 0.2) is 9.84 Å². The lowest BCUT2D eigenvalue weighted by Gasteiger charge is -2.24. The van der Waals surface area contributed by atoms with Crippen LogP contribution in [0.5, 0.6) is 0 Å². The second kappa shape index (κ2) is 9.36. The summed E-state index contributed by atoms with van der Waals surface area (Å²) in [7, 11) is -0.0204. The van der Waals surface area contributed by atoms with Crippen molar-refractivity contribution in [2.45, 2.75) is 23.8 Å². The largest absolute Gasteiger partial charge is 0.384 e. The van der Waals surface area contributed by atoms with E-state index in [0.717, 1.165) is 25.9 Å². The summed E-state index contributed by atoms with van der Waals surface area (Å²) in [5.41, 5.74) is 0.527. The number of methoxy groups -OCH3 is 1. The number of hydrogen-bond donors (Lipinski definition) is 1. The van der Waals surface area contributed by atoms with Crippen LogP contribution in [-0.2, 0) is 14.6 Å². The maximum Gasteiger partial charge on any atom is 0.254 e. The molecule has 0 bridgehead atoms. The van der Waals surface area contributed by atoms with Crippen molar-refractivity contribution < 1.29 is 17.9 Å². The second-order valence-electron chi connectivity index (χ2n) is 5.69. The first-order valence-corrected chi connectivity index (χ1v) is 9.42. The maximum absolute atomic E-state index is 12.6. The zero-order valence-electron chi connectivity index (χ0n) is 14.0. The molecule has 136 valence electrons. The number of nitrogens with one attached hydrogen (secondary N) is 1. The average Bonchev–Trinajstić information content (AvgIpc) is 3.01. The molecule has 1 aromatic rings. The number of carbonyl (C=O) groups excluding carboxylic acids is 1. The molecule has 0 aliphatic carbocycles. The fourth-order valence-corrected chi connectivity index (χ4v) is 4.01. The fourth-order valence-electron chi connectivity index (χ4n) is 2.83. The highest BCUT2D eigenvalue weighted by Gasteiger charge is 2.28. The summed E-state index contributed by atoms with van der Waals surface area (Å²) in [6.07, 6.45) is 2.00. The monoisotopic (exact) mass is 376 g/mol. The molecule has 1 unspecified atom stereocenters. The van der Waals surface area contributed by atoms with E-state index in [1.54, 1.807) is 12.1 Å². The summed E-state index contributed by atoms with van der Waals surface area (Å²) in [4.78, 5) is 14.7. The van der Waals surface area contributed by atoms with E-state index in [1.807, 2.05) is 11.9 Å². The molecule has 1 fully saturated rings. The van der Waals surface area contributed by atoms with Gasteiger partial charge in [-0.2, -0.15) is 0 Å². The minimum atomic E-state index is -3.36. The Morgan fingerprint density at radius 3 is 2.58 bits per heavy atom. The average molecular weight is 377 g/mol. The predicted octanol–water partition coefficient (Wildman–Crippen LogP) is 1.35. The molecule has 24 heavy (non-hydrogen) atoms. The molecule has 1 atom stereocenters. The van der Waals surface area contributed by atoms with Gasteiger partial charge in [-0.1, -0.05) is 0 Å². The number of carbonyl (C=O) groups is 1. The van der Waals surface area contributed by atoms with Crippen molar-refractivity contribution in [3.8, 4) is 0 Å². The lowest BCUT2D eigenvalue weighted by Crippen LogP contribution is -2.40. The molecule has 1 amide bonds. The molecule has 1 saturated heterocycles. The van der Waals surface area contributed by atoms with Gasteiger partial charge in [0.2, 0.25) is 0 Å². The summed E-state index contributed by atoms with van der Waals surface area (Å²) < 4.78 is 29.0. The summed E-state index contributed by atoms with van der Waals surface area (Å²) in [5.74, 6) is -0.101. The van der Waals surface area contributed by atoms with Crippen molar-refractivity contribution in [1.82, 2.24) is 10.2 Å². The fraction of sp³-hybridized carbons (Fsp3) is 0.562. The van der Waals surface area contributed by atoms with Crippen LogP contribution in [0, 0.1) is 0 Å². The number of likely N-dealkylation sites (N-methyl/N-ethyl adjacent to an activating group) is 1. The Labute approximate surface area is 149 Å². The van der Waals surface area contributed by atoms with Crippen LogP contribution < -0.4 is 5.32 Å². The van der Waals surface area contributed by atoms with Gasteiger partial charge in [0.05, 0.1) is 17.3 Å². The Morgan fingerprint density at radius 1 is 1.33 bits per heavy atom. The Hall–Kier alpha value is -1.15. The van der Waals surface area contributed by atoms with Gasteiger partial charge in [-0.15, -0.1) is 12.4 Å². The van der Waals surface area contributed by atoms with Crippen molar-refractivity contribution >= 4 is 28.2 Å². The van der Waals surface area contributed by atoms with Gasteiger partial charge in [-0.3, -0.25) is 4.79 Å². The first-order chi connectivity index (χ1) is 11.0. The van der Waals surface area contributed by atoms with Gasteiger partial charge in [0, 0.05) is 31.8 Å². The Morgan fingerprint density at radius 2 is 2.00 bits per heavy atom. The van der Waals surface area contributed by atoms with E-state index in [4.69, 9.17) is 4.74 Å². The molecule has 1 heterocycles. The molecular weight excluding hydrogens is 352 g/mol. The molecule has 1 aliphatic heterocycles. The number of sulfone groups is 1. The summed E-state index contributed by atoms with van der Waals surface area (Å²) >= 11 is 0. The van der Waals surface area contributed by atoms with Crippen LogP contribution >= 0.6 is 12.4 Å². The van der Waals surface area contributed by atoms with E-state index >= 15 is 0 Å². The van der Waals surface area contributed by atoms with Crippen LogP contribution in [0.15, 0.2) is 29.2 Å². The molecule has 0 radical (unpaired) electrons. The predicted molar refractivity (Wildman–Crippen MR) is 95.6 cm³/mol. The van der Waals surface area contributed by atoms with Crippen LogP contribution in [0.25, 0.3) is 0 Å². The van der Waals surface area contributed by atoms with E-state index in [1.165, 1.54) is 19.2 Å². The van der Waals surface area contributed by atoms with Crippen LogP contribution in [0.4, 0.5) is 0 Å². The Kier molecular flexibility index (Phi) is 8.15. The van der Waals surface area contributed by atoms with Gasteiger partial charge >= 0.3 is 0 Å². The maximum atomic E-state index is 12.6. The highest BCUT2D eigenvalue weighted by atomic mass is 35.5. The van der Waals surface area contributed by atoms with Gasteiger partial charge in [0.25, 0.3) is 5.91 Å². The summed E-state index contributed by atoms with van der Waals surface area (Å²) in [5, 5.41) is 3.11. The first kappa shape index (κ1) is 20.9. The third-order valence-corrected chi connectivity index (χ3v) is 5.79. The highest BCUT2D eigenvalue weighted by molar-refractivity contribution is 7.91. The molecule has 1 aromatic carbocycles. The molecule has 8 heteroatoms.